The first-order valence-electron chi connectivity index (χ1n) is 4.05. The van der Waals surface area contributed by atoms with Gasteiger partial charge in [0.25, 0.3) is 0 Å². The standard InChI is InChI=1S/C10H8BrNO2S/c1-14-10(13)6-2-3-9(15)7(4-11)8(6)5-12/h2-3,15H,4H2,1H3. The van der Waals surface area contributed by atoms with Crippen LogP contribution in [0, 0.1) is 11.3 Å². The van der Waals surface area contributed by atoms with Gasteiger partial charge in [-0.05, 0) is 17.7 Å². The van der Waals surface area contributed by atoms with Crippen molar-refractivity contribution in [1.29, 1.82) is 5.26 Å². The molecular weight excluding hydrogens is 278 g/mol. The minimum absolute atomic E-state index is 0.271. The summed E-state index contributed by atoms with van der Waals surface area (Å²) in [6.07, 6.45) is 0. The molecule has 1 aromatic carbocycles. The summed E-state index contributed by atoms with van der Waals surface area (Å²) in [6.45, 7) is 0. The zero-order valence-corrected chi connectivity index (χ0v) is 10.4. The van der Waals surface area contributed by atoms with E-state index in [0.29, 0.717) is 21.4 Å². The Morgan fingerprint density at radius 1 is 1.67 bits per heavy atom. The van der Waals surface area contributed by atoms with Crippen molar-refractivity contribution in [1.82, 2.24) is 0 Å². The van der Waals surface area contributed by atoms with E-state index in [2.05, 4.69) is 33.3 Å². The van der Waals surface area contributed by atoms with Crippen LogP contribution < -0.4 is 0 Å². The average Bonchev–Trinajstić information content (AvgIpc) is 2.27. The molecule has 78 valence electrons. The number of rotatable bonds is 2. The number of nitriles is 1. The predicted molar refractivity (Wildman–Crippen MR) is 62.4 cm³/mol. The van der Waals surface area contributed by atoms with E-state index in [1.807, 2.05) is 6.07 Å². The minimum Gasteiger partial charge on any atom is -0.465 e. The monoisotopic (exact) mass is 285 g/mol. The van der Waals surface area contributed by atoms with E-state index in [-0.39, 0.29) is 5.56 Å². The molecule has 0 N–H and O–H groups in total. The van der Waals surface area contributed by atoms with Crippen LogP contribution >= 0.6 is 28.6 Å². The number of ether oxygens (including phenoxy) is 1. The number of thiol groups is 1. The molecule has 0 aliphatic rings. The summed E-state index contributed by atoms with van der Waals surface area (Å²) in [4.78, 5) is 12.0. The molecule has 1 rings (SSSR count). The molecule has 0 aliphatic heterocycles. The first-order valence-corrected chi connectivity index (χ1v) is 5.61. The lowest BCUT2D eigenvalue weighted by atomic mass is 10.0. The summed E-state index contributed by atoms with van der Waals surface area (Å²) >= 11 is 7.47. The average molecular weight is 286 g/mol. The molecule has 0 aliphatic carbocycles. The number of benzene rings is 1. The highest BCUT2D eigenvalue weighted by atomic mass is 79.9. The van der Waals surface area contributed by atoms with E-state index in [1.54, 1.807) is 12.1 Å². The van der Waals surface area contributed by atoms with E-state index >= 15 is 0 Å². The predicted octanol–water partition coefficient (Wildman–Crippen LogP) is 2.53. The lowest BCUT2D eigenvalue weighted by molar-refractivity contribution is 0.0600. The largest absolute Gasteiger partial charge is 0.465 e. The number of nitrogens with zero attached hydrogens (tertiary/aromatic N) is 1. The highest BCUT2D eigenvalue weighted by Gasteiger charge is 2.16. The van der Waals surface area contributed by atoms with Crippen LogP contribution in [0.25, 0.3) is 0 Å². The van der Waals surface area contributed by atoms with E-state index in [9.17, 15) is 4.79 Å². The molecule has 0 atom stereocenters. The van der Waals surface area contributed by atoms with Gasteiger partial charge < -0.3 is 4.74 Å². The Morgan fingerprint density at radius 2 is 2.33 bits per heavy atom. The van der Waals surface area contributed by atoms with Gasteiger partial charge in [0.15, 0.2) is 0 Å². The molecule has 0 fully saturated rings. The number of hydrogen-bond acceptors (Lipinski definition) is 4. The third-order valence-corrected chi connectivity index (χ3v) is 2.92. The van der Waals surface area contributed by atoms with Crippen molar-refractivity contribution in [3.63, 3.8) is 0 Å². The molecule has 0 saturated carbocycles. The summed E-state index contributed by atoms with van der Waals surface area (Å²) in [6, 6.07) is 5.21. The number of esters is 1. The molecule has 1 aromatic rings. The van der Waals surface area contributed by atoms with Crippen molar-refractivity contribution in [3.05, 3.63) is 28.8 Å². The van der Waals surface area contributed by atoms with Crippen LogP contribution in [-0.4, -0.2) is 13.1 Å². The van der Waals surface area contributed by atoms with Crippen molar-refractivity contribution in [2.24, 2.45) is 0 Å². The van der Waals surface area contributed by atoms with Gasteiger partial charge in [0, 0.05) is 10.2 Å². The maximum atomic E-state index is 11.4. The van der Waals surface area contributed by atoms with Crippen molar-refractivity contribution < 1.29 is 9.53 Å². The Morgan fingerprint density at radius 3 is 2.80 bits per heavy atom. The molecule has 5 heteroatoms. The van der Waals surface area contributed by atoms with Crippen LogP contribution in [0.4, 0.5) is 0 Å². The SMILES string of the molecule is COC(=O)c1ccc(S)c(CBr)c1C#N. The maximum absolute atomic E-state index is 11.4. The lowest BCUT2D eigenvalue weighted by Gasteiger charge is -2.08. The van der Waals surface area contributed by atoms with Gasteiger partial charge >= 0.3 is 5.97 Å². The molecule has 0 amide bonds. The number of alkyl halides is 1. The Kier molecular flexibility index (Phi) is 4.18. The van der Waals surface area contributed by atoms with Crippen LogP contribution in [0.2, 0.25) is 0 Å². The van der Waals surface area contributed by atoms with Crippen LogP contribution in [-0.2, 0) is 10.1 Å². The highest BCUT2D eigenvalue weighted by Crippen LogP contribution is 2.24. The van der Waals surface area contributed by atoms with Gasteiger partial charge in [-0.1, -0.05) is 15.9 Å². The Hall–Kier alpha value is -0.990. The normalized spacial score (nSPS) is 9.47. The zero-order chi connectivity index (χ0) is 11.4. The summed E-state index contributed by atoms with van der Waals surface area (Å²) in [7, 11) is 1.28. The van der Waals surface area contributed by atoms with E-state index in [0.717, 1.165) is 0 Å². The van der Waals surface area contributed by atoms with Crippen molar-refractivity contribution in [2.75, 3.05) is 7.11 Å². The zero-order valence-electron chi connectivity index (χ0n) is 7.95. The van der Waals surface area contributed by atoms with Crippen molar-refractivity contribution in [2.45, 2.75) is 10.2 Å². The molecule has 0 aromatic heterocycles. The van der Waals surface area contributed by atoms with Crippen LogP contribution in [0.1, 0.15) is 21.5 Å². The van der Waals surface area contributed by atoms with Gasteiger partial charge in [-0.2, -0.15) is 5.26 Å². The summed E-state index contributed by atoms with van der Waals surface area (Å²) in [5.74, 6) is -0.512. The van der Waals surface area contributed by atoms with Crippen molar-refractivity contribution in [3.8, 4) is 6.07 Å². The van der Waals surface area contributed by atoms with Crippen molar-refractivity contribution >= 4 is 34.5 Å². The maximum Gasteiger partial charge on any atom is 0.339 e. The number of carbonyl (C=O) groups is 1. The quantitative estimate of drug-likeness (QED) is 0.516. The smallest absolute Gasteiger partial charge is 0.339 e. The number of carbonyl (C=O) groups excluding carboxylic acids is 1. The van der Waals surface area contributed by atoms with Gasteiger partial charge in [-0.25, -0.2) is 4.79 Å². The summed E-state index contributed by atoms with van der Waals surface area (Å²) in [5, 5.41) is 9.46. The molecule has 0 unspecified atom stereocenters. The topological polar surface area (TPSA) is 50.1 Å². The van der Waals surface area contributed by atoms with Gasteiger partial charge in [0.2, 0.25) is 0 Å². The van der Waals surface area contributed by atoms with E-state index < -0.39 is 5.97 Å². The van der Waals surface area contributed by atoms with Gasteiger partial charge in [0.1, 0.15) is 6.07 Å². The third kappa shape index (κ3) is 2.33. The van der Waals surface area contributed by atoms with Gasteiger partial charge in [0.05, 0.1) is 18.2 Å². The molecule has 15 heavy (non-hydrogen) atoms. The first kappa shape index (κ1) is 12.1. The van der Waals surface area contributed by atoms with Crippen LogP contribution in [0.3, 0.4) is 0 Å². The molecule has 0 heterocycles. The second kappa shape index (κ2) is 5.19. The highest BCUT2D eigenvalue weighted by molar-refractivity contribution is 9.08. The molecular formula is C10H8BrNO2S. The van der Waals surface area contributed by atoms with E-state index in [1.165, 1.54) is 7.11 Å². The Labute approximate surface area is 102 Å². The van der Waals surface area contributed by atoms with Gasteiger partial charge in [-0.15, -0.1) is 12.6 Å². The first-order chi connectivity index (χ1) is 7.15. The Bertz CT molecular complexity index is 440. The fraction of sp³-hybridized carbons (Fsp3) is 0.200. The van der Waals surface area contributed by atoms with E-state index in [4.69, 9.17) is 5.26 Å². The second-order valence-electron chi connectivity index (χ2n) is 2.72. The lowest BCUT2D eigenvalue weighted by Crippen LogP contribution is -2.06. The number of methoxy groups -OCH3 is 1. The fourth-order valence-corrected chi connectivity index (χ4v) is 2.24. The molecule has 0 radical (unpaired) electrons. The second-order valence-corrected chi connectivity index (χ2v) is 3.77. The molecule has 0 bridgehead atoms. The van der Waals surface area contributed by atoms with Gasteiger partial charge in [-0.3, -0.25) is 0 Å². The van der Waals surface area contributed by atoms with Crippen LogP contribution in [0.15, 0.2) is 17.0 Å². The third-order valence-electron chi connectivity index (χ3n) is 1.94. The fourth-order valence-electron chi connectivity index (χ4n) is 1.18. The number of halogens is 1. The minimum atomic E-state index is -0.512. The summed E-state index contributed by atoms with van der Waals surface area (Å²) in [5.41, 5.74) is 1.28. The Balaban J connectivity index is 3.43. The molecule has 0 spiro atoms. The number of hydrogen-bond donors (Lipinski definition) is 1. The molecule has 0 saturated heterocycles. The molecule has 3 nitrogen and oxygen atoms in total. The van der Waals surface area contributed by atoms with Crippen LogP contribution in [0.5, 0.6) is 0 Å². The summed E-state index contributed by atoms with van der Waals surface area (Å²) < 4.78 is 4.59.